The van der Waals surface area contributed by atoms with E-state index in [2.05, 4.69) is 10.6 Å². The number of hydrogen-bond donors (Lipinski definition) is 4. The molecule has 4 amide bonds. The summed E-state index contributed by atoms with van der Waals surface area (Å²) in [7, 11) is 0. The normalized spacial score (nSPS) is 16.7. The van der Waals surface area contributed by atoms with Gasteiger partial charge >= 0.3 is 12.0 Å². The largest absolute Gasteiger partial charge is 0.434 e. The third-order valence-corrected chi connectivity index (χ3v) is 7.03. The molecule has 0 aromatic heterocycles. The van der Waals surface area contributed by atoms with E-state index < -0.39 is 66.1 Å². The van der Waals surface area contributed by atoms with Crippen molar-refractivity contribution in [2.45, 2.75) is 70.8 Å². The molecule has 1 saturated heterocycles. The zero-order valence-electron chi connectivity index (χ0n) is 24.6. The molecular weight excluding hydrogens is 586 g/mol. The maximum Gasteiger partial charge on any atom is 0.408 e. The van der Waals surface area contributed by atoms with Gasteiger partial charge in [-0.3, -0.25) is 14.4 Å². The Kier molecular flexibility index (Phi) is 13.3. The molecule has 0 saturated carbocycles. The SMILES string of the molecule is CC.CC(C)N(C(=O)CNC(=O)OC(c1ccccc1)C(F)(F)c1cccc(Cl)c1)C(CC1CCNC1=O)C(O)C(N)=O. The molecule has 236 valence electrons. The maximum absolute atomic E-state index is 15.6. The van der Waals surface area contributed by atoms with Crippen LogP contribution in [0.5, 0.6) is 0 Å². The number of rotatable bonds is 12. The lowest BCUT2D eigenvalue weighted by Crippen LogP contribution is -2.57. The van der Waals surface area contributed by atoms with Gasteiger partial charge in [-0.1, -0.05) is 67.9 Å². The molecule has 0 aliphatic carbocycles. The van der Waals surface area contributed by atoms with Crippen molar-refractivity contribution < 1.29 is 37.8 Å². The van der Waals surface area contributed by atoms with Gasteiger partial charge in [0.05, 0.1) is 6.04 Å². The third kappa shape index (κ3) is 9.36. The van der Waals surface area contributed by atoms with Crippen LogP contribution >= 0.6 is 11.6 Å². The predicted molar refractivity (Wildman–Crippen MR) is 157 cm³/mol. The van der Waals surface area contributed by atoms with Gasteiger partial charge in [-0.2, -0.15) is 8.78 Å². The number of nitrogens with zero attached hydrogens (tertiary/aromatic N) is 1. The fraction of sp³-hybridized carbons (Fsp3) is 0.467. The van der Waals surface area contributed by atoms with Crippen LogP contribution in [-0.4, -0.2) is 65.1 Å². The first-order chi connectivity index (χ1) is 20.3. The second kappa shape index (κ2) is 16.2. The summed E-state index contributed by atoms with van der Waals surface area (Å²) >= 11 is 5.91. The lowest BCUT2D eigenvalue weighted by Gasteiger charge is -2.38. The molecule has 2 aromatic rings. The van der Waals surface area contributed by atoms with E-state index in [1.54, 1.807) is 19.9 Å². The van der Waals surface area contributed by atoms with E-state index in [1.165, 1.54) is 36.4 Å². The molecule has 0 bridgehead atoms. The number of primary amides is 1. The Morgan fingerprint density at radius 2 is 1.81 bits per heavy atom. The molecule has 2 aromatic carbocycles. The zero-order chi connectivity index (χ0) is 32.3. The molecule has 5 N–H and O–H groups in total. The quantitative estimate of drug-likeness (QED) is 0.281. The van der Waals surface area contributed by atoms with Crippen molar-refractivity contribution in [1.29, 1.82) is 0 Å². The smallest absolute Gasteiger partial charge is 0.408 e. The van der Waals surface area contributed by atoms with Crippen molar-refractivity contribution in [2.75, 3.05) is 13.1 Å². The first kappa shape index (κ1) is 35.4. The fourth-order valence-electron chi connectivity index (χ4n) is 4.82. The molecule has 1 heterocycles. The summed E-state index contributed by atoms with van der Waals surface area (Å²) in [6, 6.07) is 10.6. The van der Waals surface area contributed by atoms with Gasteiger partial charge in [-0.15, -0.1) is 0 Å². The van der Waals surface area contributed by atoms with Gasteiger partial charge in [0.25, 0.3) is 0 Å². The molecule has 3 rings (SSSR count). The van der Waals surface area contributed by atoms with Gasteiger partial charge in [0.1, 0.15) is 6.54 Å². The van der Waals surface area contributed by atoms with Crippen LogP contribution in [0.4, 0.5) is 13.6 Å². The Labute approximate surface area is 254 Å². The summed E-state index contributed by atoms with van der Waals surface area (Å²) in [4.78, 5) is 51.2. The number of aliphatic hydroxyl groups is 1. The Bertz CT molecular complexity index is 1250. The summed E-state index contributed by atoms with van der Waals surface area (Å²) in [5.41, 5.74) is 4.84. The van der Waals surface area contributed by atoms with Gasteiger partial charge in [-0.25, -0.2) is 4.79 Å². The molecule has 13 heteroatoms. The van der Waals surface area contributed by atoms with E-state index in [4.69, 9.17) is 22.1 Å². The van der Waals surface area contributed by atoms with Crippen LogP contribution in [0.3, 0.4) is 0 Å². The second-order valence-corrected chi connectivity index (χ2v) is 10.4. The van der Waals surface area contributed by atoms with E-state index in [0.717, 1.165) is 17.0 Å². The second-order valence-electron chi connectivity index (χ2n) is 10.0. The van der Waals surface area contributed by atoms with Crippen LogP contribution in [0.15, 0.2) is 54.6 Å². The number of nitrogens with two attached hydrogens (primary N) is 1. The highest BCUT2D eigenvalue weighted by molar-refractivity contribution is 6.30. The molecule has 1 aliphatic heterocycles. The van der Waals surface area contributed by atoms with Gasteiger partial charge in [0.15, 0.2) is 12.2 Å². The Morgan fingerprint density at radius 3 is 2.35 bits per heavy atom. The Hall–Kier alpha value is -3.77. The number of amides is 4. The molecule has 4 atom stereocenters. The number of halogens is 3. The average molecular weight is 625 g/mol. The monoisotopic (exact) mass is 624 g/mol. The van der Waals surface area contributed by atoms with Gasteiger partial charge in [0, 0.05) is 29.1 Å². The van der Waals surface area contributed by atoms with Crippen molar-refractivity contribution in [2.24, 2.45) is 11.7 Å². The molecule has 43 heavy (non-hydrogen) atoms. The van der Waals surface area contributed by atoms with E-state index in [9.17, 15) is 24.3 Å². The first-order valence-electron chi connectivity index (χ1n) is 14.0. The van der Waals surface area contributed by atoms with Crippen LogP contribution in [0.25, 0.3) is 0 Å². The predicted octanol–water partition coefficient (Wildman–Crippen LogP) is 3.90. The minimum atomic E-state index is -3.70. The van der Waals surface area contributed by atoms with Gasteiger partial charge in [0.2, 0.25) is 17.7 Å². The van der Waals surface area contributed by atoms with E-state index in [1.807, 2.05) is 13.8 Å². The molecule has 4 unspecified atom stereocenters. The number of nitrogens with one attached hydrogen (secondary N) is 2. The van der Waals surface area contributed by atoms with Crippen LogP contribution < -0.4 is 16.4 Å². The van der Waals surface area contributed by atoms with Crippen molar-refractivity contribution in [3.8, 4) is 0 Å². The summed E-state index contributed by atoms with van der Waals surface area (Å²) in [5.74, 6) is -6.39. The molecule has 10 nitrogen and oxygen atoms in total. The lowest BCUT2D eigenvalue weighted by atomic mass is 9.92. The van der Waals surface area contributed by atoms with E-state index in [-0.39, 0.29) is 22.9 Å². The molecule has 0 radical (unpaired) electrons. The highest BCUT2D eigenvalue weighted by Crippen LogP contribution is 2.43. The molecule has 1 fully saturated rings. The van der Waals surface area contributed by atoms with E-state index in [0.29, 0.717) is 13.0 Å². The van der Waals surface area contributed by atoms with Crippen molar-refractivity contribution in [3.63, 3.8) is 0 Å². The van der Waals surface area contributed by atoms with Gasteiger partial charge < -0.3 is 31.1 Å². The number of benzene rings is 2. The lowest BCUT2D eigenvalue weighted by molar-refractivity contribution is -0.144. The van der Waals surface area contributed by atoms with Crippen LogP contribution in [-0.2, 0) is 25.0 Å². The number of carbonyl (C=O) groups is 4. The van der Waals surface area contributed by atoms with Crippen LogP contribution in [0.2, 0.25) is 5.02 Å². The first-order valence-corrected chi connectivity index (χ1v) is 14.4. The van der Waals surface area contributed by atoms with E-state index >= 15 is 8.78 Å². The van der Waals surface area contributed by atoms with Crippen molar-refractivity contribution >= 4 is 35.4 Å². The summed E-state index contributed by atoms with van der Waals surface area (Å²) in [6.07, 6.45) is -4.77. The summed E-state index contributed by atoms with van der Waals surface area (Å²) in [5, 5.41) is 15.5. The van der Waals surface area contributed by atoms with Crippen molar-refractivity contribution in [1.82, 2.24) is 15.5 Å². The number of aliphatic hydroxyl groups excluding tert-OH is 1. The number of alkyl halides is 2. The Morgan fingerprint density at radius 1 is 1.16 bits per heavy atom. The maximum atomic E-state index is 15.6. The zero-order valence-corrected chi connectivity index (χ0v) is 25.3. The number of hydrogen-bond acceptors (Lipinski definition) is 6. The standard InChI is InChI=1S/C28H33ClF2N4O6.C2H6/c1-16(2)35(21(23(37)25(32)38)13-18-11-12-33-26(18)39)22(36)15-34-27(40)41-24(17-7-4-3-5-8-17)28(30,31)19-9-6-10-20(29)14-19;1-2/h3-10,14,16,18,21,23-24,37H,11-13,15H2,1-2H3,(H2,32,38)(H,33,39)(H,34,40);1-2H3. The highest BCUT2D eigenvalue weighted by Gasteiger charge is 2.46. The highest BCUT2D eigenvalue weighted by atomic mass is 35.5. The molecule has 1 aliphatic rings. The Balaban J connectivity index is 0.00000316. The third-order valence-electron chi connectivity index (χ3n) is 6.80. The fourth-order valence-corrected chi connectivity index (χ4v) is 5.01. The van der Waals surface area contributed by atoms with Crippen molar-refractivity contribution in [3.05, 3.63) is 70.7 Å². The summed E-state index contributed by atoms with van der Waals surface area (Å²) < 4.78 is 36.4. The minimum absolute atomic E-state index is 0.00208. The van der Waals surface area contributed by atoms with Gasteiger partial charge in [-0.05, 0) is 44.4 Å². The molecule has 0 spiro atoms. The van der Waals surface area contributed by atoms with Crippen LogP contribution in [0, 0.1) is 5.92 Å². The topological polar surface area (TPSA) is 151 Å². The molecular formula is C30H39ClF2N4O6. The average Bonchev–Trinajstić information content (AvgIpc) is 3.39. The number of carbonyl (C=O) groups excluding carboxylic acids is 4. The number of ether oxygens (including phenoxy) is 1. The number of alkyl carbamates (subject to hydrolysis) is 1. The van der Waals surface area contributed by atoms with Crippen LogP contribution in [0.1, 0.15) is 57.8 Å². The minimum Gasteiger partial charge on any atom is -0.434 e. The summed E-state index contributed by atoms with van der Waals surface area (Å²) in [6.45, 7) is 6.93.